The van der Waals surface area contributed by atoms with Crippen LogP contribution in [0.25, 0.3) is 0 Å². The first kappa shape index (κ1) is 11.9. The van der Waals surface area contributed by atoms with Gasteiger partial charge in [-0.3, -0.25) is 4.79 Å². The van der Waals surface area contributed by atoms with E-state index in [4.69, 9.17) is 0 Å². The van der Waals surface area contributed by atoms with E-state index in [1.54, 1.807) is 0 Å². The van der Waals surface area contributed by atoms with E-state index in [9.17, 15) is 18.0 Å². The van der Waals surface area contributed by atoms with Crippen LogP contribution in [-0.2, 0) is 0 Å². The van der Waals surface area contributed by atoms with Gasteiger partial charge in [-0.2, -0.15) is 13.2 Å². The number of alkyl halides is 3. The molecular formula is C9H8F3NOS. The van der Waals surface area contributed by atoms with Crippen molar-refractivity contribution in [3.63, 3.8) is 0 Å². The maximum atomic E-state index is 11.0. The molecule has 2 aliphatic carbocycles. The molecule has 82 valence electrons. The van der Waals surface area contributed by atoms with Gasteiger partial charge in [-0.15, -0.1) is 0 Å². The monoisotopic (exact) mass is 235 g/mol. The normalized spacial score (nSPS) is 16.7. The average Bonchev–Trinajstić information content (AvgIpc) is 2.61. The Morgan fingerprint density at radius 1 is 1.27 bits per heavy atom. The van der Waals surface area contributed by atoms with Crippen LogP contribution < -0.4 is 5.73 Å². The highest BCUT2D eigenvalue weighted by molar-refractivity contribution is 8.14. The number of halogens is 3. The van der Waals surface area contributed by atoms with E-state index in [-0.39, 0.29) is 0 Å². The number of carbonyl (C=O) groups excluding carboxylic acids is 1. The van der Waals surface area contributed by atoms with Crippen LogP contribution in [-0.4, -0.2) is 10.7 Å². The van der Waals surface area contributed by atoms with Crippen molar-refractivity contribution in [2.45, 2.75) is 11.9 Å². The van der Waals surface area contributed by atoms with Crippen molar-refractivity contribution >= 4 is 17.0 Å². The van der Waals surface area contributed by atoms with Gasteiger partial charge in [0.15, 0.2) is 0 Å². The van der Waals surface area contributed by atoms with Crippen molar-refractivity contribution in [3.8, 4) is 0 Å². The first-order valence-corrected chi connectivity index (χ1v) is 4.81. The Labute approximate surface area is 88.7 Å². The first-order chi connectivity index (χ1) is 6.87. The summed E-state index contributed by atoms with van der Waals surface area (Å²) in [5.41, 5.74) is 2.58. The van der Waals surface area contributed by atoms with Crippen LogP contribution in [0.5, 0.6) is 0 Å². The minimum atomic E-state index is -4.54. The van der Waals surface area contributed by atoms with E-state index in [0.29, 0.717) is 0 Å². The van der Waals surface area contributed by atoms with Crippen molar-refractivity contribution in [2.75, 3.05) is 0 Å². The van der Waals surface area contributed by atoms with Crippen molar-refractivity contribution in [1.82, 2.24) is 0 Å². The number of hydrogen-bond acceptors (Lipinski definition) is 2. The van der Waals surface area contributed by atoms with Crippen LogP contribution >= 0.6 is 11.8 Å². The van der Waals surface area contributed by atoms with Gasteiger partial charge in [-0.1, -0.05) is 24.3 Å². The van der Waals surface area contributed by atoms with Crippen molar-refractivity contribution in [2.24, 2.45) is 5.73 Å². The summed E-state index contributed by atoms with van der Waals surface area (Å²) in [6.07, 6.45) is 9.90. The van der Waals surface area contributed by atoms with Gasteiger partial charge in [0.1, 0.15) is 0 Å². The summed E-state index contributed by atoms with van der Waals surface area (Å²) in [6, 6.07) is 0. The molecule has 15 heavy (non-hydrogen) atoms. The van der Waals surface area contributed by atoms with Crippen LogP contribution in [0.1, 0.15) is 6.42 Å². The van der Waals surface area contributed by atoms with Gasteiger partial charge in [-0.25, -0.2) is 0 Å². The fourth-order valence-corrected chi connectivity index (χ4v) is 1.35. The van der Waals surface area contributed by atoms with Gasteiger partial charge in [0.25, 0.3) is 5.24 Å². The van der Waals surface area contributed by atoms with Gasteiger partial charge in [0.05, 0.1) is 0 Å². The smallest absolute Gasteiger partial charge is 0.360 e. The van der Waals surface area contributed by atoms with E-state index < -0.39 is 22.5 Å². The fraction of sp³-hybridized carbons (Fsp3) is 0.222. The predicted octanol–water partition coefficient (Wildman–Crippen LogP) is 3.13. The molecular weight excluding hydrogens is 227 g/mol. The Bertz CT molecular complexity index is 335. The number of primary amides is 1. The average molecular weight is 235 g/mol. The highest BCUT2D eigenvalue weighted by Gasteiger charge is 2.31. The molecule has 0 saturated heterocycles. The lowest BCUT2D eigenvalue weighted by molar-refractivity contribution is -0.0319. The molecule has 0 aromatic heterocycles. The lowest BCUT2D eigenvalue weighted by Crippen LogP contribution is -2.11. The van der Waals surface area contributed by atoms with E-state index in [1.807, 2.05) is 0 Å². The van der Waals surface area contributed by atoms with Gasteiger partial charge >= 0.3 is 5.51 Å². The summed E-state index contributed by atoms with van der Waals surface area (Å²) in [6.45, 7) is 0. The number of fused-ring (bicyclic) bond motifs is 2. The molecule has 0 fully saturated rings. The van der Waals surface area contributed by atoms with E-state index >= 15 is 0 Å². The molecule has 1 amide bonds. The molecule has 0 spiro atoms. The molecule has 0 atom stereocenters. The highest BCUT2D eigenvalue weighted by Crippen LogP contribution is 2.29. The zero-order valence-corrected chi connectivity index (χ0v) is 8.36. The van der Waals surface area contributed by atoms with E-state index in [1.165, 1.54) is 17.6 Å². The third kappa shape index (κ3) is 4.73. The zero-order valence-electron chi connectivity index (χ0n) is 7.54. The third-order valence-electron chi connectivity index (χ3n) is 1.65. The Balaban J connectivity index is 0.000000150. The number of amides is 1. The van der Waals surface area contributed by atoms with Crippen molar-refractivity contribution in [3.05, 3.63) is 35.5 Å². The molecule has 0 radical (unpaired) electrons. The van der Waals surface area contributed by atoms with Crippen LogP contribution in [0.4, 0.5) is 18.0 Å². The van der Waals surface area contributed by atoms with Crippen molar-refractivity contribution < 1.29 is 18.0 Å². The number of carbonyl (C=O) groups is 1. The zero-order chi connectivity index (χ0) is 11.5. The Kier molecular flexibility index (Phi) is 3.62. The van der Waals surface area contributed by atoms with Crippen molar-refractivity contribution in [1.29, 1.82) is 0 Å². The van der Waals surface area contributed by atoms with Crippen LogP contribution in [0.15, 0.2) is 35.5 Å². The lowest BCUT2D eigenvalue weighted by Gasteiger charge is -1.98. The molecule has 0 heterocycles. The second-order valence-corrected chi connectivity index (χ2v) is 3.93. The maximum Gasteiger partial charge on any atom is 0.450 e. The molecule has 0 saturated carbocycles. The van der Waals surface area contributed by atoms with Crippen LogP contribution in [0.2, 0.25) is 0 Å². The molecule has 6 heteroatoms. The number of nitrogens with two attached hydrogens (primary N) is 1. The number of thioether (sulfide) groups is 1. The van der Waals surface area contributed by atoms with Gasteiger partial charge in [-0.05, 0) is 17.6 Å². The summed E-state index contributed by atoms with van der Waals surface area (Å²) in [4.78, 5) is 9.48. The van der Waals surface area contributed by atoms with Gasteiger partial charge in [0, 0.05) is 11.8 Å². The summed E-state index contributed by atoms with van der Waals surface area (Å²) >= 11 is -0.850. The lowest BCUT2D eigenvalue weighted by atomic mass is 10.3. The quantitative estimate of drug-likeness (QED) is 0.701. The summed E-state index contributed by atoms with van der Waals surface area (Å²) in [5, 5.41) is -1.43. The topological polar surface area (TPSA) is 43.1 Å². The summed E-state index contributed by atoms with van der Waals surface area (Å²) in [7, 11) is 0. The van der Waals surface area contributed by atoms with E-state index in [0.717, 1.165) is 0 Å². The van der Waals surface area contributed by atoms with Gasteiger partial charge < -0.3 is 5.73 Å². The Hall–Kier alpha value is -1.17. The standard InChI is InChI=1S/C7H6.C2H2F3NOS/c1-2-7-4-3-6(1)5-7;3-2(4,5)8-1(6)7/h1-4H,5H2;(H2,6,7). The van der Waals surface area contributed by atoms with E-state index in [2.05, 4.69) is 30.0 Å². The molecule has 2 rings (SSSR count). The largest absolute Gasteiger partial charge is 0.450 e. The summed E-state index contributed by atoms with van der Waals surface area (Å²) in [5.74, 6) is 0. The molecule has 0 aromatic rings. The minimum Gasteiger partial charge on any atom is -0.360 e. The predicted molar refractivity (Wildman–Crippen MR) is 53.2 cm³/mol. The Morgan fingerprint density at radius 3 is 1.80 bits per heavy atom. The number of rotatable bonds is 0. The fourth-order valence-electron chi connectivity index (χ4n) is 1.12. The SMILES string of the molecule is C1=CC2=CC=C1C2.NC(=O)SC(F)(F)F. The molecule has 0 unspecified atom stereocenters. The number of hydrogen-bond donors (Lipinski definition) is 1. The molecule has 2 aliphatic rings. The first-order valence-electron chi connectivity index (χ1n) is 4.00. The second-order valence-electron chi connectivity index (χ2n) is 2.86. The van der Waals surface area contributed by atoms with Gasteiger partial charge in [0.2, 0.25) is 0 Å². The van der Waals surface area contributed by atoms with Crippen LogP contribution in [0.3, 0.4) is 0 Å². The molecule has 0 aromatic carbocycles. The molecule has 2 nitrogen and oxygen atoms in total. The second kappa shape index (κ2) is 4.57. The molecule has 2 bridgehead atoms. The minimum absolute atomic E-state index is 0.850. The van der Waals surface area contributed by atoms with Crippen LogP contribution in [0, 0.1) is 0 Å². The third-order valence-corrected chi connectivity index (χ3v) is 2.08. The summed E-state index contributed by atoms with van der Waals surface area (Å²) < 4.78 is 32.9. The Morgan fingerprint density at radius 2 is 1.73 bits per heavy atom. The molecule has 0 aliphatic heterocycles. The maximum absolute atomic E-state index is 11.0. The highest BCUT2D eigenvalue weighted by atomic mass is 32.2. The number of allylic oxidation sites excluding steroid dienone is 6. The molecule has 2 N–H and O–H groups in total.